The van der Waals surface area contributed by atoms with Gasteiger partial charge in [-0.15, -0.1) is 11.3 Å². The molecule has 0 unspecified atom stereocenters. The first-order valence-electron chi connectivity index (χ1n) is 8.80. The zero-order valence-corrected chi connectivity index (χ0v) is 16.0. The SMILES string of the molecule is Cc1ccc(Nc2nc(CN3CCN(C(=O)C(C)C)CC3)cs2)cc1. The summed E-state index contributed by atoms with van der Waals surface area (Å²) in [5.74, 6) is 0.346. The van der Waals surface area contributed by atoms with E-state index in [-0.39, 0.29) is 11.8 Å². The monoisotopic (exact) mass is 358 g/mol. The van der Waals surface area contributed by atoms with Gasteiger partial charge >= 0.3 is 0 Å². The van der Waals surface area contributed by atoms with Crippen LogP contribution in [0, 0.1) is 12.8 Å². The van der Waals surface area contributed by atoms with Crippen molar-refractivity contribution >= 4 is 28.1 Å². The third-order valence-electron chi connectivity index (χ3n) is 4.42. The molecule has 2 aromatic rings. The maximum Gasteiger partial charge on any atom is 0.225 e. The Balaban J connectivity index is 1.50. The van der Waals surface area contributed by atoms with Crippen LogP contribution in [-0.2, 0) is 11.3 Å². The number of hydrogen-bond acceptors (Lipinski definition) is 5. The first kappa shape index (κ1) is 17.9. The Bertz CT molecular complexity index is 702. The minimum absolute atomic E-state index is 0.0838. The molecule has 134 valence electrons. The molecule has 25 heavy (non-hydrogen) atoms. The number of nitrogens with one attached hydrogen (secondary N) is 1. The number of thiazole rings is 1. The molecule has 6 heteroatoms. The molecule has 0 radical (unpaired) electrons. The van der Waals surface area contributed by atoms with E-state index in [0.29, 0.717) is 0 Å². The molecule has 1 aliphatic rings. The lowest BCUT2D eigenvalue weighted by atomic mass is 10.1. The van der Waals surface area contributed by atoms with E-state index in [1.807, 2.05) is 18.7 Å². The van der Waals surface area contributed by atoms with Crippen LogP contribution in [0.2, 0.25) is 0 Å². The lowest BCUT2D eigenvalue weighted by Gasteiger charge is -2.35. The predicted octanol–water partition coefficient (Wildman–Crippen LogP) is 3.50. The van der Waals surface area contributed by atoms with Crippen molar-refractivity contribution in [2.24, 2.45) is 5.92 Å². The van der Waals surface area contributed by atoms with Crippen molar-refractivity contribution in [3.63, 3.8) is 0 Å². The van der Waals surface area contributed by atoms with E-state index in [1.54, 1.807) is 11.3 Å². The summed E-state index contributed by atoms with van der Waals surface area (Å²) in [7, 11) is 0. The summed E-state index contributed by atoms with van der Waals surface area (Å²) in [6, 6.07) is 8.33. The number of piperazine rings is 1. The number of anilines is 2. The van der Waals surface area contributed by atoms with Gasteiger partial charge in [0.1, 0.15) is 0 Å². The molecular weight excluding hydrogens is 332 g/mol. The zero-order chi connectivity index (χ0) is 17.8. The van der Waals surface area contributed by atoms with E-state index < -0.39 is 0 Å². The van der Waals surface area contributed by atoms with Crippen molar-refractivity contribution in [1.82, 2.24) is 14.8 Å². The lowest BCUT2D eigenvalue weighted by molar-refractivity contribution is -0.136. The second kappa shape index (κ2) is 7.97. The Hall–Kier alpha value is -1.92. The average Bonchev–Trinajstić information content (AvgIpc) is 3.04. The third kappa shape index (κ3) is 4.80. The van der Waals surface area contributed by atoms with E-state index in [0.717, 1.165) is 49.2 Å². The maximum atomic E-state index is 12.0. The van der Waals surface area contributed by atoms with Crippen molar-refractivity contribution in [3.05, 3.63) is 40.9 Å². The molecule has 1 fully saturated rings. The van der Waals surface area contributed by atoms with Crippen LogP contribution in [0.5, 0.6) is 0 Å². The Morgan fingerprint density at radius 1 is 1.20 bits per heavy atom. The Morgan fingerprint density at radius 2 is 1.88 bits per heavy atom. The van der Waals surface area contributed by atoms with Gasteiger partial charge in [-0.3, -0.25) is 9.69 Å². The highest BCUT2D eigenvalue weighted by Gasteiger charge is 2.23. The standard InChI is InChI=1S/C19H26N4OS/c1-14(2)18(24)23-10-8-22(9-11-23)12-17-13-25-19(21-17)20-16-6-4-15(3)5-7-16/h4-7,13-14H,8-12H2,1-3H3,(H,20,21). The predicted molar refractivity (Wildman–Crippen MR) is 103 cm³/mol. The van der Waals surface area contributed by atoms with E-state index in [2.05, 4.69) is 51.8 Å². The first-order valence-corrected chi connectivity index (χ1v) is 9.68. The fourth-order valence-corrected chi connectivity index (χ4v) is 3.64. The summed E-state index contributed by atoms with van der Waals surface area (Å²) in [6.45, 7) is 10.3. The summed E-state index contributed by atoms with van der Waals surface area (Å²) >= 11 is 1.63. The van der Waals surface area contributed by atoms with Gasteiger partial charge in [-0.05, 0) is 19.1 Å². The Kier molecular flexibility index (Phi) is 5.71. The van der Waals surface area contributed by atoms with Crippen LogP contribution in [-0.4, -0.2) is 46.9 Å². The highest BCUT2D eigenvalue weighted by atomic mass is 32.1. The molecule has 2 heterocycles. The number of aromatic nitrogens is 1. The molecule has 0 spiro atoms. The molecule has 1 aromatic carbocycles. The summed E-state index contributed by atoms with van der Waals surface area (Å²) < 4.78 is 0. The topological polar surface area (TPSA) is 48.5 Å². The molecule has 0 atom stereocenters. The first-order chi connectivity index (χ1) is 12.0. The molecule has 1 amide bonds. The van der Waals surface area contributed by atoms with E-state index in [4.69, 9.17) is 0 Å². The minimum Gasteiger partial charge on any atom is -0.340 e. The summed E-state index contributed by atoms with van der Waals surface area (Å²) in [6.07, 6.45) is 0. The highest BCUT2D eigenvalue weighted by molar-refractivity contribution is 7.13. The molecule has 3 rings (SSSR count). The van der Waals surface area contributed by atoms with Gasteiger partial charge in [-0.25, -0.2) is 4.98 Å². The third-order valence-corrected chi connectivity index (χ3v) is 5.22. The van der Waals surface area contributed by atoms with Gasteiger partial charge < -0.3 is 10.2 Å². The van der Waals surface area contributed by atoms with Gasteiger partial charge in [-0.1, -0.05) is 31.5 Å². The van der Waals surface area contributed by atoms with Gasteiger partial charge in [0.05, 0.1) is 5.69 Å². The van der Waals surface area contributed by atoms with Crippen LogP contribution >= 0.6 is 11.3 Å². The fourth-order valence-electron chi connectivity index (χ4n) is 2.92. The second-order valence-electron chi connectivity index (χ2n) is 6.89. The number of carbonyl (C=O) groups is 1. The summed E-state index contributed by atoms with van der Waals surface area (Å²) in [4.78, 5) is 21.1. The number of carbonyl (C=O) groups excluding carboxylic acids is 1. The van der Waals surface area contributed by atoms with Crippen LogP contribution in [0.3, 0.4) is 0 Å². The Labute approximate surface area is 153 Å². The summed E-state index contributed by atoms with van der Waals surface area (Å²) in [5, 5.41) is 6.40. The number of benzene rings is 1. The smallest absolute Gasteiger partial charge is 0.225 e. The average molecular weight is 359 g/mol. The molecule has 1 saturated heterocycles. The van der Waals surface area contributed by atoms with Crippen molar-refractivity contribution in [2.75, 3.05) is 31.5 Å². The quantitative estimate of drug-likeness (QED) is 0.889. The van der Waals surface area contributed by atoms with Gasteiger partial charge in [0.25, 0.3) is 0 Å². The largest absolute Gasteiger partial charge is 0.340 e. The van der Waals surface area contributed by atoms with Gasteiger partial charge in [0, 0.05) is 49.7 Å². The number of amides is 1. The normalized spacial score (nSPS) is 15.6. The fraction of sp³-hybridized carbons (Fsp3) is 0.474. The van der Waals surface area contributed by atoms with Crippen molar-refractivity contribution in [1.29, 1.82) is 0 Å². The number of hydrogen-bond donors (Lipinski definition) is 1. The maximum absolute atomic E-state index is 12.0. The zero-order valence-electron chi connectivity index (χ0n) is 15.2. The second-order valence-corrected chi connectivity index (χ2v) is 7.75. The van der Waals surface area contributed by atoms with Crippen LogP contribution < -0.4 is 5.32 Å². The molecule has 0 aliphatic carbocycles. The van der Waals surface area contributed by atoms with Crippen LogP contribution in [0.1, 0.15) is 25.1 Å². The van der Waals surface area contributed by atoms with Gasteiger partial charge in [0.15, 0.2) is 5.13 Å². The van der Waals surface area contributed by atoms with Crippen molar-refractivity contribution < 1.29 is 4.79 Å². The Morgan fingerprint density at radius 3 is 2.52 bits per heavy atom. The molecule has 1 aromatic heterocycles. The van der Waals surface area contributed by atoms with Gasteiger partial charge in [-0.2, -0.15) is 0 Å². The number of rotatable bonds is 5. The lowest BCUT2D eigenvalue weighted by Crippen LogP contribution is -2.49. The molecule has 1 aliphatic heterocycles. The molecule has 1 N–H and O–H groups in total. The molecule has 5 nitrogen and oxygen atoms in total. The molecular formula is C19H26N4OS. The van der Waals surface area contributed by atoms with Crippen LogP contribution in [0.15, 0.2) is 29.6 Å². The number of nitrogens with zero attached hydrogens (tertiary/aromatic N) is 3. The summed E-state index contributed by atoms with van der Waals surface area (Å²) in [5.41, 5.74) is 3.40. The minimum atomic E-state index is 0.0838. The van der Waals surface area contributed by atoms with Crippen molar-refractivity contribution in [3.8, 4) is 0 Å². The van der Waals surface area contributed by atoms with E-state index in [1.165, 1.54) is 5.56 Å². The van der Waals surface area contributed by atoms with E-state index >= 15 is 0 Å². The van der Waals surface area contributed by atoms with Crippen LogP contribution in [0.25, 0.3) is 0 Å². The van der Waals surface area contributed by atoms with Crippen LogP contribution in [0.4, 0.5) is 10.8 Å². The molecule has 0 saturated carbocycles. The van der Waals surface area contributed by atoms with Crippen molar-refractivity contribution in [2.45, 2.75) is 27.3 Å². The number of aryl methyl sites for hydroxylation is 1. The highest BCUT2D eigenvalue weighted by Crippen LogP contribution is 2.22. The van der Waals surface area contributed by atoms with Gasteiger partial charge in [0.2, 0.25) is 5.91 Å². The van der Waals surface area contributed by atoms with E-state index in [9.17, 15) is 4.79 Å². The molecule has 0 bridgehead atoms.